The lowest BCUT2D eigenvalue weighted by Gasteiger charge is -2.56. The molecule has 4 rings (SSSR count). The second-order valence-corrected chi connectivity index (χ2v) is 7.59. The van der Waals surface area contributed by atoms with Crippen LogP contribution in [0.5, 0.6) is 11.5 Å². The molecule has 0 aromatic heterocycles. The maximum Gasteiger partial charge on any atom is 0.303 e. The second kappa shape index (κ2) is 6.73. The Morgan fingerprint density at radius 1 is 1.21 bits per heavy atom. The number of benzene rings is 1. The highest BCUT2D eigenvalue weighted by Gasteiger charge is 2.60. The van der Waals surface area contributed by atoms with Crippen molar-refractivity contribution in [2.45, 2.75) is 43.7 Å². The fourth-order valence-electron chi connectivity index (χ4n) is 5.08. The number of methoxy groups -OCH3 is 3. The largest absolute Gasteiger partial charge is 0.632 e. The number of esters is 1. The van der Waals surface area contributed by atoms with E-state index in [0.717, 1.165) is 16.7 Å². The van der Waals surface area contributed by atoms with Gasteiger partial charge in [-0.3, -0.25) is 4.79 Å². The summed E-state index contributed by atoms with van der Waals surface area (Å²) >= 11 is 0. The van der Waals surface area contributed by atoms with E-state index in [-0.39, 0.29) is 13.1 Å². The minimum absolute atomic E-state index is 0.244. The molecule has 152 valence electrons. The van der Waals surface area contributed by atoms with E-state index in [2.05, 4.69) is 0 Å². The number of rotatable bonds is 4. The number of ether oxygens (including phenoxy) is 4. The standard InChI is InChI=1S/C20H25NO7/c1-10(22)28-19-12-5-6-21(24)9-11-7-14(25-2)15(26-3)8-13(11)16(17(12)21)18(23)20(19)27-4/h5,7-8,16-20,23H,6,9H2,1-4H3. The quantitative estimate of drug-likeness (QED) is 0.357. The SMILES string of the molecule is COc1cc2c(cc1OC)C1C(O)C(OC)C(OC(C)=O)C3=CC[N+]([O-])(C2)C31. The molecule has 0 radical (unpaired) electrons. The minimum atomic E-state index is -1.02. The molecule has 1 saturated carbocycles. The van der Waals surface area contributed by atoms with E-state index in [1.165, 1.54) is 14.0 Å². The number of carbonyl (C=O) groups excluding carboxylic acids is 1. The molecule has 0 spiro atoms. The third-order valence-corrected chi connectivity index (χ3v) is 6.16. The molecule has 0 amide bonds. The van der Waals surface area contributed by atoms with Gasteiger partial charge in [-0.25, -0.2) is 0 Å². The van der Waals surface area contributed by atoms with E-state index in [1.54, 1.807) is 14.2 Å². The summed E-state index contributed by atoms with van der Waals surface area (Å²) in [5.41, 5.74) is 2.40. The van der Waals surface area contributed by atoms with Gasteiger partial charge in [0.15, 0.2) is 17.6 Å². The normalized spacial score (nSPS) is 35.5. The first-order valence-electron chi connectivity index (χ1n) is 9.25. The van der Waals surface area contributed by atoms with Crippen molar-refractivity contribution in [1.29, 1.82) is 0 Å². The predicted octanol–water partition coefficient (Wildman–Crippen LogP) is 1.25. The van der Waals surface area contributed by atoms with Crippen molar-refractivity contribution in [1.82, 2.24) is 0 Å². The Morgan fingerprint density at radius 3 is 2.50 bits per heavy atom. The maximum absolute atomic E-state index is 13.7. The van der Waals surface area contributed by atoms with Gasteiger partial charge in [0.2, 0.25) is 0 Å². The zero-order valence-corrected chi connectivity index (χ0v) is 16.4. The lowest BCUT2D eigenvalue weighted by atomic mass is 9.69. The van der Waals surface area contributed by atoms with Crippen molar-refractivity contribution < 1.29 is 33.5 Å². The van der Waals surface area contributed by atoms with E-state index >= 15 is 0 Å². The number of aliphatic hydroxyl groups excluding tert-OH is 1. The molecule has 2 aliphatic heterocycles. The van der Waals surface area contributed by atoms with E-state index in [0.29, 0.717) is 11.5 Å². The number of hydrogen-bond acceptors (Lipinski definition) is 7. The number of quaternary nitrogens is 1. The zero-order valence-electron chi connectivity index (χ0n) is 16.4. The number of hydrogen-bond donors (Lipinski definition) is 1. The highest BCUT2D eigenvalue weighted by atomic mass is 16.6. The molecule has 1 aliphatic carbocycles. The average Bonchev–Trinajstić information content (AvgIpc) is 3.00. The Balaban J connectivity index is 1.86. The van der Waals surface area contributed by atoms with Crippen LogP contribution in [0.3, 0.4) is 0 Å². The third kappa shape index (κ3) is 2.63. The Hall–Kier alpha value is -2.13. The second-order valence-electron chi connectivity index (χ2n) is 7.59. The van der Waals surface area contributed by atoms with Gasteiger partial charge < -0.3 is 33.9 Å². The topological polar surface area (TPSA) is 97.3 Å². The number of carbonyl (C=O) groups is 1. The van der Waals surface area contributed by atoms with Gasteiger partial charge >= 0.3 is 5.97 Å². The van der Waals surface area contributed by atoms with Gasteiger partial charge in [-0.2, -0.15) is 0 Å². The molecule has 2 heterocycles. The predicted molar refractivity (Wildman–Crippen MR) is 98.7 cm³/mol. The van der Waals surface area contributed by atoms with Crippen LogP contribution in [-0.2, 0) is 20.8 Å². The molecule has 0 bridgehead atoms. The summed E-state index contributed by atoms with van der Waals surface area (Å²) in [5.74, 6) is 0.118. The van der Waals surface area contributed by atoms with Crippen molar-refractivity contribution in [3.8, 4) is 11.5 Å². The Kier molecular flexibility index (Phi) is 4.62. The summed E-state index contributed by atoms with van der Waals surface area (Å²) in [6, 6.07) is 3.12. The van der Waals surface area contributed by atoms with Crippen LogP contribution < -0.4 is 9.47 Å². The lowest BCUT2D eigenvalue weighted by Crippen LogP contribution is -2.63. The van der Waals surface area contributed by atoms with Gasteiger partial charge in [0, 0.05) is 25.2 Å². The van der Waals surface area contributed by atoms with Crippen molar-refractivity contribution >= 4 is 5.97 Å². The fourth-order valence-corrected chi connectivity index (χ4v) is 5.08. The lowest BCUT2D eigenvalue weighted by molar-refractivity contribution is -0.907. The Morgan fingerprint density at radius 2 is 1.89 bits per heavy atom. The van der Waals surface area contributed by atoms with Crippen LogP contribution >= 0.6 is 0 Å². The molecular weight excluding hydrogens is 366 g/mol. The van der Waals surface area contributed by atoms with Gasteiger partial charge in [0.25, 0.3) is 0 Å². The molecule has 1 aromatic carbocycles. The highest BCUT2D eigenvalue weighted by molar-refractivity contribution is 5.67. The molecule has 1 fully saturated rings. The molecule has 8 heteroatoms. The summed E-state index contributed by atoms with van der Waals surface area (Å²) < 4.78 is 21.3. The van der Waals surface area contributed by atoms with Crippen LogP contribution in [0.1, 0.15) is 24.0 Å². The summed E-state index contributed by atoms with van der Waals surface area (Å²) in [6.07, 6.45) is -0.703. The molecular formula is C20H25NO7. The van der Waals surface area contributed by atoms with Gasteiger partial charge in [-0.15, -0.1) is 0 Å². The summed E-state index contributed by atoms with van der Waals surface area (Å²) in [4.78, 5) is 11.6. The van der Waals surface area contributed by atoms with Crippen molar-refractivity contribution in [2.75, 3.05) is 27.9 Å². The van der Waals surface area contributed by atoms with Gasteiger partial charge in [-0.05, 0) is 23.8 Å². The highest BCUT2D eigenvalue weighted by Crippen LogP contribution is 2.53. The van der Waals surface area contributed by atoms with E-state index < -0.39 is 40.9 Å². The van der Waals surface area contributed by atoms with Crippen LogP contribution in [0.2, 0.25) is 0 Å². The molecule has 6 atom stereocenters. The minimum Gasteiger partial charge on any atom is -0.632 e. The first-order valence-corrected chi connectivity index (χ1v) is 9.25. The maximum atomic E-state index is 13.7. The molecule has 1 N–H and O–H groups in total. The van der Waals surface area contributed by atoms with Gasteiger partial charge in [-0.1, -0.05) is 0 Å². The summed E-state index contributed by atoms with van der Waals surface area (Å²) in [5, 5.41) is 24.9. The average molecular weight is 391 g/mol. The third-order valence-electron chi connectivity index (χ3n) is 6.16. The summed E-state index contributed by atoms with van der Waals surface area (Å²) in [6.45, 7) is 1.81. The fraction of sp³-hybridized carbons (Fsp3) is 0.550. The van der Waals surface area contributed by atoms with Crippen LogP contribution in [-0.4, -0.2) is 68.0 Å². The molecule has 1 aromatic rings. The molecule has 8 nitrogen and oxygen atoms in total. The first kappa shape index (κ1) is 19.2. The number of hydroxylamine groups is 3. The number of aliphatic hydroxyl groups is 1. The van der Waals surface area contributed by atoms with Crippen molar-refractivity contribution in [2.24, 2.45) is 0 Å². The van der Waals surface area contributed by atoms with Crippen LogP contribution in [0.25, 0.3) is 0 Å². The van der Waals surface area contributed by atoms with E-state index in [4.69, 9.17) is 18.9 Å². The van der Waals surface area contributed by atoms with Crippen LogP contribution in [0, 0.1) is 5.21 Å². The smallest absolute Gasteiger partial charge is 0.303 e. The van der Waals surface area contributed by atoms with Crippen molar-refractivity contribution in [3.63, 3.8) is 0 Å². The van der Waals surface area contributed by atoms with E-state index in [9.17, 15) is 15.1 Å². The zero-order chi connectivity index (χ0) is 20.2. The molecule has 0 saturated heterocycles. The number of nitrogens with zero attached hydrogens (tertiary/aromatic N) is 1. The van der Waals surface area contributed by atoms with Crippen molar-refractivity contribution in [3.05, 3.63) is 40.1 Å². The van der Waals surface area contributed by atoms with Crippen LogP contribution in [0.15, 0.2) is 23.8 Å². The number of fused-ring (bicyclic) bond motifs is 2. The Bertz CT molecular complexity index is 838. The first-order chi connectivity index (χ1) is 13.3. The van der Waals surface area contributed by atoms with Gasteiger partial charge in [0.05, 0.1) is 32.8 Å². The Labute approximate surface area is 163 Å². The molecule has 6 unspecified atom stereocenters. The van der Waals surface area contributed by atoms with E-state index in [1.807, 2.05) is 18.2 Å². The monoisotopic (exact) mass is 391 g/mol. The van der Waals surface area contributed by atoms with Crippen LogP contribution in [0.4, 0.5) is 0 Å². The van der Waals surface area contributed by atoms with Gasteiger partial charge in [0.1, 0.15) is 18.7 Å². The summed E-state index contributed by atoms with van der Waals surface area (Å²) in [7, 11) is 4.57. The molecule has 3 aliphatic rings. The molecule has 28 heavy (non-hydrogen) atoms.